The molecule has 8 aliphatic rings. The second kappa shape index (κ2) is 4.32. The molecule has 0 nitrogen and oxygen atoms in total. The van der Waals surface area contributed by atoms with E-state index in [0.29, 0.717) is 10.8 Å². The summed E-state index contributed by atoms with van der Waals surface area (Å²) >= 11 is 3.81. The minimum absolute atomic E-state index is 0.667. The third-order valence-corrected chi connectivity index (χ3v) is 10.9. The summed E-state index contributed by atoms with van der Waals surface area (Å²) in [5.41, 5.74) is 1.33. The molecule has 120 valence electrons. The zero-order chi connectivity index (χ0) is 14.5. The Hall–Kier alpha value is 0.389. The molecule has 0 radical (unpaired) electrons. The molecule has 0 N–H and O–H groups in total. The molecule has 8 aliphatic carbocycles. The van der Waals surface area contributed by atoms with Crippen LogP contribution >= 0.6 is 0 Å². The Morgan fingerprint density at radius 1 is 0.500 bits per heavy atom. The van der Waals surface area contributed by atoms with E-state index in [4.69, 9.17) is 0 Å². The quantitative estimate of drug-likeness (QED) is 0.622. The van der Waals surface area contributed by atoms with Crippen LogP contribution in [0.1, 0.15) is 77.0 Å². The summed E-state index contributed by atoms with van der Waals surface area (Å²) in [7, 11) is 0. The van der Waals surface area contributed by atoms with E-state index in [1.54, 1.807) is 77.0 Å². The van der Waals surface area contributed by atoms with Crippen molar-refractivity contribution in [2.75, 3.05) is 0 Å². The fourth-order valence-corrected chi connectivity index (χ4v) is 10.4. The molecule has 8 fully saturated rings. The van der Waals surface area contributed by atoms with E-state index < -0.39 is 0 Å². The maximum atomic E-state index is 3.81. The van der Waals surface area contributed by atoms with Gasteiger partial charge in [0.15, 0.2) is 0 Å². The molecule has 0 atom stereocenters. The van der Waals surface area contributed by atoms with Crippen molar-refractivity contribution in [2.24, 2.45) is 46.3 Å². The van der Waals surface area contributed by atoms with Crippen LogP contribution in [-0.4, -0.2) is 20.0 Å². The summed E-state index contributed by atoms with van der Waals surface area (Å²) in [5.74, 6) is 6.60. The van der Waals surface area contributed by atoms with E-state index in [0.717, 1.165) is 35.5 Å². The second-order valence-corrected chi connectivity index (χ2v) is 11.6. The van der Waals surface area contributed by atoms with Gasteiger partial charge in [0.05, 0.1) is 0 Å². The molecule has 0 aromatic heterocycles. The number of rotatable bonds is 2. The van der Waals surface area contributed by atoms with Crippen LogP contribution in [0.5, 0.6) is 0 Å². The fraction of sp³-hybridized carbons (Fsp3) is 0.952. The van der Waals surface area contributed by atoms with Crippen LogP contribution in [0.4, 0.5) is 0 Å². The summed E-state index contributed by atoms with van der Waals surface area (Å²) in [6.45, 7) is 0. The van der Waals surface area contributed by atoms with Gasteiger partial charge in [0.1, 0.15) is 0 Å². The van der Waals surface area contributed by atoms with Gasteiger partial charge in [0, 0.05) is 0 Å². The molecule has 0 aromatic rings. The van der Waals surface area contributed by atoms with Gasteiger partial charge in [-0.25, -0.2) is 0 Å². The van der Waals surface area contributed by atoms with Crippen LogP contribution in [0, 0.1) is 46.3 Å². The summed E-state index contributed by atoms with van der Waals surface area (Å²) in [6, 6.07) is 0. The summed E-state index contributed by atoms with van der Waals surface area (Å²) in [5, 5.41) is 0. The third kappa shape index (κ3) is 1.74. The van der Waals surface area contributed by atoms with E-state index in [9.17, 15) is 0 Å². The zero-order valence-corrected chi connectivity index (χ0v) is 15.6. The van der Waals surface area contributed by atoms with Crippen molar-refractivity contribution in [3.63, 3.8) is 0 Å². The van der Waals surface area contributed by atoms with Crippen molar-refractivity contribution in [3.8, 4) is 0 Å². The first kappa shape index (κ1) is 13.7. The Morgan fingerprint density at radius 3 is 0.955 bits per heavy atom. The van der Waals surface area contributed by atoms with Gasteiger partial charge in [-0.15, -0.1) is 0 Å². The van der Waals surface area contributed by atoms with E-state index in [2.05, 4.69) is 15.6 Å². The van der Waals surface area contributed by atoms with Crippen LogP contribution in [0.2, 0.25) is 0 Å². The van der Waals surface area contributed by atoms with Gasteiger partial charge in [0.25, 0.3) is 0 Å². The first-order valence-electron chi connectivity index (χ1n) is 10.2. The van der Waals surface area contributed by atoms with Gasteiger partial charge in [-0.3, -0.25) is 0 Å². The van der Waals surface area contributed by atoms with E-state index in [1.165, 1.54) is 0 Å². The predicted octanol–water partition coefficient (Wildman–Crippen LogP) is 4.76. The van der Waals surface area contributed by atoms with Crippen molar-refractivity contribution >= 4 is 20.0 Å². The van der Waals surface area contributed by atoms with Crippen molar-refractivity contribution in [1.29, 1.82) is 0 Å². The summed E-state index contributed by atoms with van der Waals surface area (Å²) in [6.07, 6.45) is 19.0. The Kier molecular flexibility index (Phi) is 2.68. The summed E-state index contributed by atoms with van der Waals surface area (Å²) < 4.78 is 1.94. The van der Waals surface area contributed by atoms with Crippen molar-refractivity contribution in [1.82, 2.24) is 0 Å². The molecule has 0 aromatic carbocycles. The van der Waals surface area contributed by atoms with Gasteiger partial charge in [-0.05, 0) is 0 Å². The molecule has 0 heterocycles. The Morgan fingerprint density at radius 2 is 0.727 bits per heavy atom. The molecular weight excluding hydrogens is 331 g/mol. The Labute approximate surface area is 143 Å². The normalized spacial score (nSPS) is 60.9. The molecule has 0 amide bonds. The molecule has 0 unspecified atom stereocenters. The van der Waals surface area contributed by atoms with Crippen molar-refractivity contribution in [3.05, 3.63) is 0 Å². The molecule has 1 heteroatoms. The molecule has 0 spiro atoms. The van der Waals surface area contributed by atoms with Gasteiger partial charge in [0.2, 0.25) is 0 Å². The van der Waals surface area contributed by atoms with Gasteiger partial charge >= 0.3 is 143 Å². The Bertz CT molecular complexity index is 413. The summed E-state index contributed by atoms with van der Waals surface area (Å²) in [4.78, 5) is 0. The SMILES string of the molecule is [Se]=C(C12CC3CC(CC(C3)C1)C2)C12CC3CC(CC(C3)C1)C2. The molecule has 22 heavy (non-hydrogen) atoms. The molecular formula is C21H30Se. The van der Waals surface area contributed by atoms with Crippen molar-refractivity contribution < 1.29 is 0 Å². The van der Waals surface area contributed by atoms with Gasteiger partial charge in [-0.1, -0.05) is 0 Å². The van der Waals surface area contributed by atoms with Crippen LogP contribution in [0.3, 0.4) is 0 Å². The van der Waals surface area contributed by atoms with E-state index in [1.807, 2.05) is 4.42 Å². The maximum absolute atomic E-state index is 3.81. The molecule has 8 saturated carbocycles. The first-order chi connectivity index (χ1) is 10.6. The van der Waals surface area contributed by atoms with Gasteiger partial charge < -0.3 is 0 Å². The Balaban J connectivity index is 1.37. The molecule has 8 rings (SSSR count). The first-order valence-corrected chi connectivity index (χ1v) is 11.0. The predicted molar refractivity (Wildman–Crippen MR) is 92.0 cm³/mol. The second-order valence-electron chi connectivity index (χ2n) is 10.7. The van der Waals surface area contributed by atoms with E-state index in [-0.39, 0.29) is 0 Å². The third-order valence-electron chi connectivity index (χ3n) is 9.04. The molecule has 0 aliphatic heterocycles. The number of hydrogen-bond acceptors (Lipinski definition) is 0. The van der Waals surface area contributed by atoms with Crippen LogP contribution in [0.25, 0.3) is 0 Å². The minimum atomic E-state index is 0.667. The van der Waals surface area contributed by atoms with Crippen LogP contribution in [-0.2, 0) is 0 Å². The average molecular weight is 361 g/mol. The fourth-order valence-electron chi connectivity index (χ4n) is 9.34. The number of hydrogen-bond donors (Lipinski definition) is 0. The standard InChI is InChI=1S/C21H30Se/c22-19(20-7-13-1-14(8-20)3-15(2-13)9-20)21-10-16-4-17(11-21)6-18(5-16)12-21/h13-18H,1-12H2. The monoisotopic (exact) mass is 362 g/mol. The molecule has 0 saturated heterocycles. The average Bonchev–Trinajstić information content (AvgIpc) is 2.43. The van der Waals surface area contributed by atoms with Crippen LogP contribution in [0.15, 0.2) is 0 Å². The zero-order valence-electron chi connectivity index (χ0n) is 13.9. The van der Waals surface area contributed by atoms with Crippen LogP contribution < -0.4 is 0 Å². The van der Waals surface area contributed by atoms with Crippen molar-refractivity contribution in [2.45, 2.75) is 77.0 Å². The van der Waals surface area contributed by atoms with Gasteiger partial charge in [-0.2, -0.15) is 0 Å². The van der Waals surface area contributed by atoms with E-state index >= 15 is 0 Å². The topological polar surface area (TPSA) is 0 Å². The molecule has 8 bridgehead atoms.